The first kappa shape index (κ1) is 26.0. The summed E-state index contributed by atoms with van der Waals surface area (Å²) in [7, 11) is 0. The molecule has 1 saturated carbocycles. The van der Waals surface area contributed by atoms with Crippen LogP contribution in [0.1, 0.15) is 75.0 Å². The molecule has 0 spiro atoms. The van der Waals surface area contributed by atoms with E-state index in [1.165, 1.54) is 31.1 Å². The molecule has 0 N–H and O–H groups in total. The van der Waals surface area contributed by atoms with Crippen molar-refractivity contribution in [2.24, 2.45) is 5.92 Å². The van der Waals surface area contributed by atoms with Gasteiger partial charge in [-0.05, 0) is 73.3 Å². The minimum absolute atomic E-state index is 0.0750. The van der Waals surface area contributed by atoms with E-state index in [4.69, 9.17) is 4.74 Å². The lowest BCUT2D eigenvalue weighted by atomic mass is 9.77. The standard InChI is InChI=1S/C31H32F4O/c1-3-5-20-6-11-22(12-7-20)25-17-16-24(28(32)29(25)33)15-10-21-8-13-23(14-9-21)26-18-19-27(36-4-2)31(35)30(26)34/h8-10,13-20,22H,3-7,11-12H2,1-2H3. The van der Waals surface area contributed by atoms with Crippen molar-refractivity contribution in [1.29, 1.82) is 0 Å². The van der Waals surface area contributed by atoms with Crippen molar-refractivity contribution in [3.63, 3.8) is 0 Å². The SMILES string of the molecule is CCCC1CCC(c2ccc(C=Cc3ccc(-c4ccc(OCC)c(F)c4F)cc3)c(F)c2F)CC1. The fourth-order valence-electron chi connectivity index (χ4n) is 5.18. The Labute approximate surface area is 210 Å². The Bertz CT molecular complexity index is 1210. The summed E-state index contributed by atoms with van der Waals surface area (Å²) < 4.78 is 63.6. The largest absolute Gasteiger partial charge is 0.491 e. The lowest BCUT2D eigenvalue weighted by Crippen LogP contribution is -2.15. The summed E-state index contributed by atoms with van der Waals surface area (Å²) in [6, 6.07) is 13.0. The zero-order valence-corrected chi connectivity index (χ0v) is 20.8. The van der Waals surface area contributed by atoms with E-state index in [0.717, 1.165) is 31.2 Å². The number of ether oxygens (including phenoxy) is 1. The molecule has 0 atom stereocenters. The van der Waals surface area contributed by atoms with Gasteiger partial charge in [0.15, 0.2) is 23.2 Å². The van der Waals surface area contributed by atoms with Crippen LogP contribution in [0, 0.1) is 29.2 Å². The molecule has 0 aromatic heterocycles. The molecule has 1 nitrogen and oxygen atoms in total. The fourth-order valence-corrected chi connectivity index (χ4v) is 5.18. The molecule has 0 heterocycles. The zero-order chi connectivity index (χ0) is 25.7. The van der Waals surface area contributed by atoms with E-state index in [1.807, 2.05) is 0 Å². The maximum atomic E-state index is 14.9. The number of benzene rings is 3. The van der Waals surface area contributed by atoms with E-state index in [1.54, 1.807) is 49.4 Å². The van der Waals surface area contributed by atoms with Crippen molar-refractivity contribution in [1.82, 2.24) is 0 Å². The highest BCUT2D eigenvalue weighted by Crippen LogP contribution is 2.39. The van der Waals surface area contributed by atoms with Gasteiger partial charge in [-0.25, -0.2) is 13.2 Å². The summed E-state index contributed by atoms with van der Waals surface area (Å²) in [6.45, 7) is 4.12. The molecule has 36 heavy (non-hydrogen) atoms. The van der Waals surface area contributed by atoms with E-state index >= 15 is 0 Å². The third-order valence-corrected chi connectivity index (χ3v) is 7.15. The second kappa shape index (κ2) is 11.8. The summed E-state index contributed by atoms with van der Waals surface area (Å²) >= 11 is 0. The Morgan fingerprint density at radius 2 is 1.47 bits per heavy atom. The molecule has 190 valence electrons. The minimum Gasteiger partial charge on any atom is -0.491 e. The molecule has 0 amide bonds. The van der Waals surface area contributed by atoms with Gasteiger partial charge in [0.2, 0.25) is 5.82 Å². The second-order valence-electron chi connectivity index (χ2n) is 9.51. The van der Waals surface area contributed by atoms with Crippen LogP contribution in [0.5, 0.6) is 5.75 Å². The molecule has 5 heteroatoms. The average Bonchev–Trinajstić information content (AvgIpc) is 2.89. The van der Waals surface area contributed by atoms with Crippen LogP contribution in [-0.2, 0) is 0 Å². The first-order valence-corrected chi connectivity index (χ1v) is 12.8. The molecule has 1 fully saturated rings. The maximum Gasteiger partial charge on any atom is 0.201 e. The van der Waals surface area contributed by atoms with Gasteiger partial charge in [-0.3, -0.25) is 0 Å². The molecule has 0 radical (unpaired) electrons. The molecular formula is C31H32F4O. The van der Waals surface area contributed by atoms with Crippen LogP contribution < -0.4 is 4.74 Å². The van der Waals surface area contributed by atoms with Crippen LogP contribution >= 0.6 is 0 Å². The molecule has 1 aliphatic rings. The fraction of sp³-hybridized carbons (Fsp3) is 0.355. The van der Waals surface area contributed by atoms with Crippen LogP contribution in [0.4, 0.5) is 17.6 Å². The molecular weight excluding hydrogens is 464 g/mol. The second-order valence-corrected chi connectivity index (χ2v) is 9.51. The van der Waals surface area contributed by atoms with Crippen molar-refractivity contribution in [3.8, 4) is 16.9 Å². The van der Waals surface area contributed by atoms with E-state index in [9.17, 15) is 17.6 Å². The highest BCUT2D eigenvalue weighted by Gasteiger charge is 2.25. The van der Waals surface area contributed by atoms with Crippen LogP contribution in [0.2, 0.25) is 0 Å². The Hall–Kier alpha value is -3.08. The van der Waals surface area contributed by atoms with Gasteiger partial charge in [0.05, 0.1) is 6.61 Å². The molecule has 1 aliphatic carbocycles. The average molecular weight is 497 g/mol. The normalized spacial score (nSPS) is 18.1. The van der Waals surface area contributed by atoms with E-state index in [-0.39, 0.29) is 29.4 Å². The van der Waals surface area contributed by atoms with Gasteiger partial charge in [-0.1, -0.05) is 68.3 Å². The Morgan fingerprint density at radius 3 is 2.14 bits per heavy atom. The first-order valence-electron chi connectivity index (χ1n) is 12.8. The Kier molecular flexibility index (Phi) is 8.50. The summed E-state index contributed by atoms with van der Waals surface area (Å²) in [6.07, 6.45) is 9.54. The minimum atomic E-state index is -1.02. The first-order chi connectivity index (χ1) is 17.4. The molecule has 0 aliphatic heterocycles. The van der Waals surface area contributed by atoms with Crippen LogP contribution in [0.25, 0.3) is 23.3 Å². The van der Waals surface area contributed by atoms with Crippen LogP contribution in [0.3, 0.4) is 0 Å². The monoisotopic (exact) mass is 496 g/mol. The summed E-state index contributed by atoms with van der Waals surface area (Å²) in [4.78, 5) is 0. The smallest absolute Gasteiger partial charge is 0.201 e. The number of hydrogen-bond acceptors (Lipinski definition) is 1. The molecule has 0 saturated heterocycles. The molecule has 0 unspecified atom stereocenters. The predicted octanol–water partition coefficient (Wildman–Crippen LogP) is 9.55. The molecule has 3 aromatic rings. The van der Waals surface area contributed by atoms with Crippen molar-refractivity contribution in [2.45, 2.75) is 58.3 Å². The predicted molar refractivity (Wildman–Crippen MR) is 138 cm³/mol. The molecule has 0 bridgehead atoms. The number of hydrogen-bond donors (Lipinski definition) is 0. The van der Waals surface area contributed by atoms with Gasteiger partial charge in [0.1, 0.15) is 0 Å². The summed E-state index contributed by atoms with van der Waals surface area (Å²) in [5.41, 5.74) is 2.01. The topological polar surface area (TPSA) is 9.23 Å². The van der Waals surface area contributed by atoms with Gasteiger partial charge in [-0.2, -0.15) is 4.39 Å². The van der Waals surface area contributed by atoms with Crippen LogP contribution in [0.15, 0.2) is 48.5 Å². The Balaban J connectivity index is 1.47. The lowest BCUT2D eigenvalue weighted by molar-refractivity contribution is 0.303. The highest BCUT2D eigenvalue weighted by molar-refractivity contribution is 5.73. The van der Waals surface area contributed by atoms with Gasteiger partial charge in [0.25, 0.3) is 0 Å². The summed E-state index contributed by atoms with van der Waals surface area (Å²) in [5, 5.41) is 0. The quantitative estimate of drug-likeness (QED) is 0.223. The zero-order valence-electron chi connectivity index (χ0n) is 20.8. The van der Waals surface area contributed by atoms with Crippen molar-refractivity contribution >= 4 is 12.2 Å². The molecule has 4 rings (SSSR count). The summed E-state index contributed by atoms with van der Waals surface area (Å²) in [5.74, 6) is -2.91. The highest BCUT2D eigenvalue weighted by atomic mass is 19.2. The van der Waals surface area contributed by atoms with Crippen LogP contribution in [-0.4, -0.2) is 6.61 Å². The van der Waals surface area contributed by atoms with E-state index in [0.29, 0.717) is 17.0 Å². The maximum absolute atomic E-state index is 14.9. The van der Waals surface area contributed by atoms with Crippen molar-refractivity contribution in [3.05, 3.63) is 88.5 Å². The Morgan fingerprint density at radius 1 is 0.750 bits per heavy atom. The third-order valence-electron chi connectivity index (χ3n) is 7.15. The number of halogens is 4. The van der Waals surface area contributed by atoms with Gasteiger partial charge >= 0.3 is 0 Å². The van der Waals surface area contributed by atoms with Crippen molar-refractivity contribution in [2.75, 3.05) is 6.61 Å². The molecule has 3 aromatic carbocycles. The number of rotatable bonds is 8. The van der Waals surface area contributed by atoms with Crippen molar-refractivity contribution < 1.29 is 22.3 Å². The van der Waals surface area contributed by atoms with E-state index < -0.39 is 23.3 Å². The third kappa shape index (κ3) is 5.66. The van der Waals surface area contributed by atoms with E-state index in [2.05, 4.69) is 6.92 Å². The van der Waals surface area contributed by atoms with Gasteiger partial charge in [-0.15, -0.1) is 0 Å². The van der Waals surface area contributed by atoms with Gasteiger partial charge < -0.3 is 4.74 Å². The van der Waals surface area contributed by atoms with Gasteiger partial charge in [0, 0.05) is 11.1 Å². The lowest BCUT2D eigenvalue weighted by Gasteiger charge is -2.29.